The Hall–Kier alpha value is -4.26. The average Bonchev–Trinajstić information content (AvgIpc) is 2.86. The highest BCUT2D eigenvalue weighted by molar-refractivity contribution is 5.87. The van der Waals surface area contributed by atoms with Crippen LogP contribution >= 0.6 is 0 Å². The smallest absolute Gasteiger partial charge is 0.269 e. The van der Waals surface area contributed by atoms with Gasteiger partial charge in [0.25, 0.3) is 5.69 Å². The topological polar surface area (TPSA) is 141 Å². The number of ketones is 1. The third-order valence-corrected chi connectivity index (χ3v) is 7.25. The van der Waals surface area contributed by atoms with Crippen LogP contribution in [-0.2, 0) is 4.79 Å². The monoisotopic (exact) mass is 506 g/mol. The molecule has 2 aliphatic rings. The Labute approximate surface area is 215 Å². The van der Waals surface area contributed by atoms with Crippen LogP contribution in [0.15, 0.2) is 47.8 Å². The van der Waals surface area contributed by atoms with Crippen molar-refractivity contribution in [3.8, 4) is 23.3 Å². The molecule has 1 heterocycles. The van der Waals surface area contributed by atoms with Crippen molar-refractivity contribution < 1.29 is 23.9 Å². The predicted molar refractivity (Wildman–Crippen MR) is 137 cm³/mol. The summed E-state index contributed by atoms with van der Waals surface area (Å²) in [6.07, 6.45) is 0.975. The first-order chi connectivity index (χ1) is 17.6. The Bertz CT molecular complexity index is 1290. The normalized spacial score (nSPS) is 22.6. The zero-order valence-electron chi connectivity index (χ0n) is 21.5. The maximum atomic E-state index is 13.7. The fourth-order valence-electron chi connectivity index (χ4n) is 5.72. The van der Waals surface area contributed by atoms with E-state index in [0.29, 0.717) is 41.3 Å². The van der Waals surface area contributed by atoms with Crippen molar-refractivity contribution in [1.82, 2.24) is 0 Å². The van der Waals surface area contributed by atoms with Crippen LogP contribution in [0.3, 0.4) is 0 Å². The number of benzene rings is 2. The second-order valence-electron chi connectivity index (χ2n) is 10.1. The number of nitrogens with two attached hydrogens (primary N) is 1. The van der Waals surface area contributed by atoms with E-state index in [9.17, 15) is 20.2 Å². The Kier molecular flexibility index (Phi) is 6.74. The van der Waals surface area contributed by atoms with E-state index in [1.54, 1.807) is 24.3 Å². The van der Waals surface area contributed by atoms with E-state index >= 15 is 0 Å². The van der Waals surface area contributed by atoms with Crippen molar-refractivity contribution in [2.24, 2.45) is 17.1 Å². The van der Waals surface area contributed by atoms with Gasteiger partial charge in [-0.05, 0) is 17.4 Å². The van der Waals surface area contributed by atoms with Crippen molar-refractivity contribution in [2.75, 3.05) is 26.2 Å². The quantitative estimate of drug-likeness (QED) is 0.448. The van der Waals surface area contributed by atoms with Crippen molar-refractivity contribution in [2.45, 2.75) is 38.6 Å². The number of rotatable bonds is 6. The number of non-ortho nitro benzene ring substituents is 1. The fourth-order valence-corrected chi connectivity index (χ4v) is 5.72. The maximum absolute atomic E-state index is 13.7. The Morgan fingerprint density at radius 3 is 2.19 bits per heavy atom. The highest BCUT2D eigenvalue weighted by Crippen LogP contribution is 2.52. The molecule has 3 unspecified atom stereocenters. The Morgan fingerprint density at radius 2 is 1.70 bits per heavy atom. The van der Waals surface area contributed by atoms with Gasteiger partial charge in [-0.25, -0.2) is 0 Å². The molecule has 1 aliphatic heterocycles. The Balaban J connectivity index is 1.96. The largest absolute Gasteiger partial charge is 0.493 e. The summed E-state index contributed by atoms with van der Waals surface area (Å²) >= 11 is 0. The highest BCUT2D eigenvalue weighted by atomic mass is 16.6. The summed E-state index contributed by atoms with van der Waals surface area (Å²) in [5, 5.41) is 21.5. The average molecular weight is 507 g/mol. The van der Waals surface area contributed by atoms with E-state index in [2.05, 4.69) is 6.07 Å². The molecule has 194 valence electrons. The molecule has 1 saturated carbocycles. The molecule has 37 heavy (non-hydrogen) atoms. The molecule has 0 aromatic heterocycles. The lowest BCUT2D eigenvalue weighted by molar-refractivity contribution is -0.384. The van der Waals surface area contributed by atoms with Gasteiger partial charge in [0.05, 0.1) is 49.5 Å². The molecule has 4 rings (SSSR count). The lowest BCUT2D eigenvalue weighted by Crippen LogP contribution is -2.56. The van der Waals surface area contributed by atoms with Gasteiger partial charge in [0.2, 0.25) is 5.75 Å². The van der Waals surface area contributed by atoms with Crippen LogP contribution in [0.1, 0.15) is 38.2 Å². The molecule has 0 spiro atoms. The first-order valence-electron chi connectivity index (χ1n) is 11.8. The number of ether oxygens (including phenoxy) is 3. The third kappa shape index (κ3) is 4.42. The zero-order valence-corrected chi connectivity index (χ0v) is 21.5. The van der Waals surface area contributed by atoms with Crippen molar-refractivity contribution in [3.05, 3.63) is 63.5 Å². The molecule has 0 saturated heterocycles. The van der Waals surface area contributed by atoms with Gasteiger partial charge in [-0.15, -0.1) is 0 Å². The van der Waals surface area contributed by atoms with Gasteiger partial charge in [-0.1, -0.05) is 26.0 Å². The van der Waals surface area contributed by atoms with E-state index in [-0.39, 0.29) is 34.3 Å². The number of nitro groups is 1. The third-order valence-electron chi connectivity index (χ3n) is 7.25. The van der Waals surface area contributed by atoms with Crippen molar-refractivity contribution in [3.63, 3.8) is 0 Å². The lowest BCUT2D eigenvalue weighted by Gasteiger charge is -2.51. The first-order valence-corrected chi connectivity index (χ1v) is 11.8. The number of methoxy groups -OCH3 is 3. The SMILES string of the molecule is COc1cc(N2C(N)=C(C#N)C(c3ccc([N+](=O)[O-])cc3)C3C(=O)CC(C)(C)CC32)cc(OC)c1OC. The summed E-state index contributed by atoms with van der Waals surface area (Å²) in [6, 6.07) is 11.3. The van der Waals surface area contributed by atoms with Gasteiger partial charge in [-0.2, -0.15) is 5.26 Å². The number of hydrogen-bond donors (Lipinski definition) is 1. The number of carbonyl (C=O) groups excluding carboxylic acids is 1. The van der Waals surface area contributed by atoms with Gasteiger partial charge in [0.15, 0.2) is 11.5 Å². The molecule has 0 radical (unpaired) electrons. The zero-order chi connectivity index (χ0) is 27.1. The molecule has 1 aliphatic carbocycles. The number of allylic oxidation sites excluding steroid dienone is 1. The van der Waals surface area contributed by atoms with Crippen LogP contribution in [0.4, 0.5) is 11.4 Å². The van der Waals surface area contributed by atoms with Gasteiger partial charge in [-0.3, -0.25) is 14.9 Å². The maximum Gasteiger partial charge on any atom is 0.269 e. The van der Waals surface area contributed by atoms with E-state index in [1.165, 1.54) is 33.5 Å². The Morgan fingerprint density at radius 1 is 1.11 bits per heavy atom. The minimum atomic E-state index is -0.627. The highest BCUT2D eigenvalue weighted by Gasteiger charge is 2.52. The number of hydrogen-bond acceptors (Lipinski definition) is 9. The number of nitrogens with zero attached hydrogens (tertiary/aromatic N) is 3. The second-order valence-corrected chi connectivity index (χ2v) is 10.1. The van der Waals surface area contributed by atoms with Crippen LogP contribution in [0.5, 0.6) is 17.2 Å². The van der Waals surface area contributed by atoms with Gasteiger partial charge in [0, 0.05) is 42.6 Å². The lowest BCUT2D eigenvalue weighted by atomic mass is 9.61. The molecule has 0 bridgehead atoms. The van der Waals surface area contributed by atoms with E-state index < -0.39 is 16.8 Å². The number of nitriles is 1. The number of nitro benzene ring substituents is 1. The van der Waals surface area contributed by atoms with Crippen LogP contribution in [0.25, 0.3) is 0 Å². The molecule has 1 fully saturated rings. The molecule has 10 nitrogen and oxygen atoms in total. The van der Waals surface area contributed by atoms with Crippen molar-refractivity contribution >= 4 is 17.2 Å². The van der Waals surface area contributed by atoms with Gasteiger partial charge >= 0.3 is 0 Å². The number of fused-ring (bicyclic) bond motifs is 1. The fraction of sp³-hybridized carbons (Fsp3) is 0.407. The number of Topliss-reactive ketones (excluding diaryl/α,β-unsaturated/α-hetero) is 1. The minimum Gasteiger partial charge on any atom is -0.493 e. The van der Waals surface area contributed by atoms with Crippen LogP contribution in [0.2, 0.25) is 0 Å². The first kappa shape index (κ1) is 25.8. The van der Waals surface area contributed by atoms with Crippen molar-refractivity contribution in [1.29, 1.82) is 5.26 Å². The molecular formula is C27H30N4O6. The molecule has 10 heteroatoms. The summed E-state index contributed by atoms with van der Waals surface area (Å²) in [6.45, 7) is 4.07. The number of anilines is 1. The summed E-state index contributed by atoms with van der Waals surface area (Å²) in [7, 11) is 4.53. The molecule has 0 amide bonds. The van der Waals surface area contributed by atoms with E-state index in [0.717, 1.165) is 0 Å². The molecule has 3 atom stereocenters. The van der Waals surface area contributed by atoms with Gasteiger partial charge in [0.1, 0.15) is 11.6 Å². The minimum absolute atomic E-state index is 0.0160. The molecule has 2 aromatic carbocycles. The second kappa shape index (κ2) is 9.65. The predicted octanol–water partition coefficient (Wildman–Crippen LogP) is 4.29. The summed E-state index contributed by atoms with van der Waals surface area (Å²) in [5.74, 6) is 0.258. The van der Waals surface area contributed by atoms with Crippen LogP contribution in [0, 0.1) is 32.8 Å². The summed E-state index contributed by atoms with van der Waals surface area (Å²) in [4.78, 5) is 26.3. The van der Waals surface area contributed by atoms with Gasteiger partial charge < -0.3 is 24.8 Å². The molecular weight excluding hydrogens is 476 g/mol. The molecule has 2 N–H and O–H groups in total. The van der Waals surface area contributed by atoms with Crippen LogP contribution in [-0.4, -0.2) is 38.1 Å². The van der Waals surface area contributed by atoms with E-state index in [1.807, 2.05) is 18.7 Å². The summed E-state index contributed by atoms with van der Waals surface area (Å²) < 4.78 is 16.5. The van der Waals surface area contributed by atoms with Crippen LogP contribution < -0.4 is 24.8 Å². The summed E-state index contributed by atoms with van der Waals surface area (Å²) in [5.41, 5.74) is 7.81. The molecule has 2 aromatic rings. The van der Waals surface area contributed by atoms with E-state index in [4.69, 9.17) is 19.9 Å². The standard InChI is InChI=1S/C27H30N4O6/c1-27(2)12-19-24(20(32)13-27)23(15-6-8-16(9-7-15)31(33)34)18(14-28)26(29)30(19)17-10-21(35-3)25(37-5)22(11-17)36-4/h6-11,19,23-24H,12-13,29H2,1-5H3. The number of carbonyl (C=O) groups is 1.